The summed E-state index contributed by atoms with van der Waals surface area (Å²) in [7, 11) is 0. The zero-order valence-electron chi connectivity index (χ0n) is 8.05. The minimum Gasteiger partial charge on any atom is -0.344 e. The van der Waals surface area contributed by atoms with E-state index < -0.39 is 0 Å². The van der Waals surface area contributed by atoms with Gasteiger partial charge in [-0.2, -0.15) is 0 Å². The van der Waals surface area contributed by atoms with E-state index >= 15 is 0 Å². The van der Waals surface area contributed by atoms with Gasteiger partial charge in [0.05, 0.1) is 12.2 Å². The normalized spacial score (nSPS) is 36.5. The van der Waals surface area contributed by atoms with Crippen molar-refractivity contribution in [3.8, 4) is 0 Å². The Balaban J connectivity index is 2.64. The van der Waals surface area contributed by atoms with Crippen LogP contribution in [0.5, 0.6) is 0 Å². The average Bonchev–Trinajstić information content (AvgIpc) is 2.09. The van der Waals surface area contributed by atoms with E-state index in [1.807, 2.05) is 6.92 Å². The Labute approximate surface area is 68.9 Å². The van der Waals surface area contributed by atoms with Gasteiger partial charge >= 0.3 is 0 Å². The first kappa shape index (κ1) is 9.01. The molecule has 0 amide bonds. The molecule has 1 heterocycles. The first-order chi connectivity index (χ1) is 4.96. The summed E-state index contributed by atoms with van der Waals surface area (Å²) < 4.78 is 11.4. The molecule has 0 aliphatic carbocycles. The van der Waals surface area contributed by atoms with E-state index in [0.717, 1.165) is 0 Å². The van der Waals surface area contributed by atoms with Crippen LogP contribution in [-0.4, -0.2) is 18.0 Å². The maximum absolute atomic E-state index is 5.70. The molecular weight excluding hydrogens is 140 g/mol. The van der Waals surface area contributed by atoms with Gasteiger partial charge in [0, 0.05) is 5.92 Å². The predicted octanol–water partition coefficient (Wildman–Crippen LogP) is 2.18. The fraction of sp³-hybridized carbons (Fsp3) is 1.00. The lowest BCUT2D eigenvalue weighted by molar-refractivity contribution is -0.187. The largest absolute Gasteiger partial charge is 0.344 e. The van der Waals surface area contributed by atoms with Crippen LogP contribution in [0, 0.1) is 5.92 Å². The lowest BCUT2D eigenvalue weighted by atomic mass is 10.1. The molecule has 2 heteroatoms. The van der Waals surface area contributed by atoms with Crippen LogP contribution in [0.3, 0.4) is 0 Å². The molecule has 0 spiro atoms. The van der Waals surface area contributed by atoms with Gasteiger partial charge in [0.15, 0.2) is 5.79 Å². The van der Waals surface area contributed by atoms with Crippen LogP contribution < -0.4 is 0 Å². The van der Waals surface area contributed by atoms with Gasteiger partial charge < -0.3 is 9.47 Å². The Kier molecular flexibility index (Phi) is 2.26. The molecule has 0 saturated carbocycles. The third-order valence-corrected chi connectivity index (χ3v) is 2.55. The van der Waals surface area contributed by atoms with E-state index in [-0.39, 0.29) is 18.0 Å². The second-order valence-electron chi connectivity index (χ2n) is 3.82. The van der Waals surface area contributed by atoms with Crippen molar-refractivity contribution < 1.29 is 9.47 Å². The maximum Gasteiger partial charge on any atom is 0.168 e. The molecule has 1 fully saturated rings. The van der Waals surface area contributed by atoms with Gasteiger partial charge in [-0.05, 0) is 20.8 Å². The van der Waals surface area contributed by atoms with Gasteiger partial charge in [-0.15, -0.1) is 0 Å². The molecule has 0 aromatic rings. The van der Waals surface area contributed by atoms with Crippen LogP contribution in [-0.2, 0) is 9.47 Å². The highest BCUT2D eigenvalue weighted by atomic mass is 16.8. The summed E-state index contributed by atoms with van der Waals surface area (Å²) in [4.78, 5) is 0. The summed E-state index contributed by atoms with van der Waals surface area (Å²) in [6.45, 7) is 10.4. The molecule has 0 bridgehead atoms. The maximum atomic E-state index is 5.70. The molecule has 1 aliphatic rings. The second kappa shape index (κ2) is 2.76. The minimum absolute atomic E-state index is 0.224. The topological polar surface area (TPSA) is 18.5 Å². The van der Waals surface area contributed by atoms with Gasteiger partial charge in [-0.25, -0.2) is 0 Å². The molecule has 2 atom stereocenters. The molecule has 2 nitrogen and oxygen atoms in total. The van der Waals surface area contributed by atoms with Gasteiger partial charge in [0.2, 0.25) is 0 Å². The molecule has 1 aliphatic heterocycles. The fourth-order valence-corrected chi connectivity index (χ4v) is 1.23. The van der Waals surface area contributed by atoms with Gasteiger partial charge in [0.1, 0.15) is 0 Å². The Morgan fingerprint density at radius 3 is 1.64 bits per heavy atom. The quantitative estimate of drug-likeness (QED) is 0.582. The minimum atomic E-state index is -0.362. The van der Waals surface area contributed by atoms with Crippen molar-refractivity contribution >= 4 is 0 Å². The average molecular weight is 158 g/mol. The van der Waals surface area contributed by atoms with Crippen molar-refractivity contribution in [3.05, 3.63) is 0 Å². The SMILES string of the molecule is CC(C)C1(C)O[C@H](C)[C@@H](C)O1. The molecule has 0 radical (unpaired) electrons. The number of rotatable bonds is 1. The monoisotopic (exact) mass is 158 g/mol. The third-order valence-electron chi connectivity index (χ3n) is 2.55. The highest BCUT2D eigenvalue weighted by Crippen LogP contribution is 2.33. The molecular formula is C9H18O2. The first-order valence-corrected chi connectivity index (χ1v) is 4.31. The lowest BCUT2D eigenvalue weighted by Crippen LogP contribution is -2.33. The van der Waals surface area contributed by atoms with Crippen molar-refractivity contribution in [2.45, 2.75) is 52.6 Å². The highest BCUT2D eigenvalue weighted by molar-refractivity contribution is 4.80. The molecule has 0 unspecified atom stereocenters. The van der Waals surface area contributed by atoms with Gasteiger partial charge in [-0.1, -0.05) is 13.8 Å². The summed E-state index contributed by atoms with van der Waals surface area (Å²) in [6, 6.07) is 0. The Morgan fingerprint density at radius 1 is 1.09 bits per heavy atom. The first-order valence-electron chi connectivity index (χ1n) is 4.31. The Bertz CT molecular complexity index is 132. The van der Waals surface area contributed by atoms with E-state index in [4.69, 9.17) is 9.47 Å². The molecule has 1 saturated heterocycles. The summed E-state index contributed by atoms with van der Waals surface area (Å²) in [5.41, 5.74) is 0. The zero-order valence-corrected chi connectivity index (χ0v) is 8.05. The summed E-state index contributed by atoms with van der Waals surface area (Å²) in [5, 5.41) is 0. The number of hydrogen-bond donors (Lipinski definition) is 0. The van der Waals surface area contributed by atoms with Crippen LogP contribution in [0.1, 0.15) is 34.6 Å². The predicted molar refractivity (Wildman–Crippen MR) is 44.3 cm³/mol. The Hall–Kier alpha value is -0.0800. The van der Waals surface area contributed by atoms with E-state index in [0.29, 0.717) is 5.92 Å². The second-order valence-corrected chi connectivity index (χ2v) is 3.82. The molecule has 66 valence electrons. The van der Waals surface area contributed by atoms with Crippen molar-refractivity contribution in [3.63, 3.8) is 0 Å². The van der Waals surface area contributed by atoms with Crippen LogP contribution in [0.15, 0.2) is 0 Å². The van der Waals surface area contributed by atoms with Crippen molar-refractivity contribution in [1.29, 1.82) is 0 Å². The Morgan fingerprint density at radius 2 is 1.45 bits per heavy atom. The van der Waals surface area contributed by atoms with E-state index in [9.17, 15) is 0 Å². The van der Waals surface area contributed by atoms with Gasteiger partial charge in [-0.3, -0.25) is 0 Å². The number of hydrogen-bond acceptors (Lipinski definition) is 2. The smallest absolute Gasteiger partial charge is 0.168 e. The van der Waals surface area contributed by atoms with Gasteiger partial charge in [0.25, 0.3) is 0 Å². The molecule has 0 aromatic heterocycles. The van der Waals surface area contributed by atoms with E-state index in [1.165, 1.54) is 0 Å². The van der Waals surface area contributed by atoms with E-state index in [2.05, 4.69) is 27.7 Å². The summed E-state index contributed by atoms with van der Waals surface area (Å²) in [5.74, 6) is 0.0497. The fourth-order valence-electron chi connectivity index (χ4n) is 1.23. The van der Waals surface area contributed by atoms with Crippen LogP contribution in [0.25, 0.3) is 0 Å². The molecule has 0 aromatic carbocycles. The lowest BCUT2D eigenvalue weighted by Gasteiger charge is -2.27. The van der Waals surface area contributed by atoms with Crippen molar-refractivity contribution in [2.24, 2.45) is 5.92 Å². The summed E-state index contributed by atoms with van der Waals surface area (Å²) >= 11 is 0. The van der Waals surface area contributed by atoms with Crippen LogP contribution in [0.2, 0.25) is 0 Å². The zero-order chi connectivity index (χ0) is 8.65. The number of ether oxygens (including phenoxy) is 2. The van der Waals surface area contributed by atoms with Crippen LogP contribution >= 0.6 is 0 Å². The summed E-state index contributed by atoms with van der Waals surface area (Å²) in [6.07, 6.45) is 0.449. The van der Waals surface area contributed by atoms with Crippen molar-refractivity contribution in [1.82, 2.24) is 0 Å². The molecule has 0 N–H and O–H groups in total. The standard InChI is InChI=1S/C9H18O2/c1-6(2)9(5)10-7(3)8(4)11-9/h6-8H,1-5H3/t7-,8-/m1/s1. The molecule has 1 rings (SSSR count). The van der Waals surface area contributed by atoms with Crippen molar-refractivity contribution in [2.75, 3.05) is 0 Å². The van der Waals surface area contributed by atoms with Crippen LogP contribution in [0.4, 0.5) is 0 Å². The molecule has 11 heavy (non-hydrogen) atoms. The third kappa shape index (κ3) is 1.57. The van der Waals surface area contributed by atoms with E-state index in [1.54, 1.807) is 0 Å². The highest BCUT2D eigenvalue weighted by Gasteiger charge is 2.42.